The summed E-state index contributed by atoms with van der Waals surface area (Å²) in [7, 11) is 0. The molecule has 3 aromatic rings. The third-order valence-corrected chi connectivity index (χ3v) is 4.35. The fourth-order valence-electron chi connectivity index (χ4n) is 2.42. The molecule has 1 aromatic heterocycles. The van der Waals surface area contributed by atoms with Gasteiger partial charge >= 0.3 is 0 Å². The van der Waals surface area contributed by atoms with Crippen LogP contribution < -0.4 is 0 Å². The lowest BCUT2D eigenvalue weighted by Crippen LogP contribution is -2.03. The van der Waals surface area contributed by atoms with E-state index in [1.807, 2.05) is 18.2 Å². The highest BCUT2D eigenvalue weighted by atomic mass is 79.9. The van der Waals surface area contributed by atoms with Crippen LogP contribution in [-0.2, 0) is 6.42 Å². The number of imidazole rings is 1. The van der Waals surface area contributed by atoms with Crippen LogP contribution in [0.5, 0.6) is 0 Å². The van der Waals surface area contributed by atoms with E-state index in [4.69, 9.17) is 28.2 Å². The molecule has 0 fully saturated rings. The van der Waals surface area contributed by atoms with Gasteiger partial charge in [-0.3, -0.25) is 4.57 Å². The van der Waals surface area contributed by atoms with Gasteiger partial charge in [-0.15, -0.1) is 11.6 Å². The second kappa shape index (κ2) is 5.99. The maximum atomic E-state index is 6.39. The fraction of sp³-hybridized carbons (Fsp3) is 0.188. The summed E-state index contributed by atoms with van der Waals surface area (Å²) < 4.78 is 3.07. The van der Waals surface area contributed by atoms with Crippen molar-refractivity contribution in [3.05, 3.63) is 57.3 Å². The number of nitrogens with zero attached hydrogens (tertiary/aromatic N) is 2. The highest BCUT2D eigenvalue weighted by Gasteiger charge is 2.14. The van der Waals surface area contributed by atoms with Gasteiger partial charge in [-0.2, -0.15) is 0 Å². The van der Waals surface area contributed by atoms with E-state index in [2.05, 4.69) is 45.6 Å². The number of halogens is 3. The van der Waals surface area contributed by atoms with E-state index in [1.54, 1.807) is 0 Å². The Kier molecular flexibility index (Phi) is 4.25. The Morgan fingerprint density at radius 3 is 2.76 bits per heavy atom. The number of fused-ring (bicyclic) bond motifs is 1. The van der Waals surface area contributed by atoms with Crippen molar-refractivity contribution in [1.29, 1.82) is 0 Å². The smallest absolute Gasteiger partial charge is 0.115 e. The van der Waals surface area contributed by atoms with Gasteiger partial charge in [0.05, 0.1) is 21.7 Å². The van der Waals surface area contributed by atoms with Crippen LogP contribution in [0.1, 0.15) is 11.4 Å². The summed E-state index contributed by atoms with van der Waals surface area (Å²) in [6, 6.07) is 12.0. The molecule has 0 aliphatic rings. The Morgan fingerprint density at radius 1 is 1.19 bits per heavy atom. The minimum atomic E-state index is 0.522. The van der Waals surface area contributed by atoms with Gasteiger partial charge in [-0.25, -0.2) is 4.98 Å². The monoisotopic (exact) mass is 382 g/mol. The third-order valence-electron chi connectivity index (χ3n) is 3.35. The molecule has 3 rings (SSSR count). The van der Waals surface area contributed by atoms with Gasteiger partial charge in [0, 0.05) is 16.8 Å². The quantitative estimate of drug-likeness (QED) is 0.543. The number of alkyl halides is 1. The summed E-state index contributed by atoms with van der Waals surface area (Å²) in [5.41, 5.74) is 4.11. The molecule has 0 radical (unpaired) electrons. The van der Waals surface area contributed by atoms with Gasteiger partial charge < -0.3 is 0 Å². The van der Waals surface area contributed by atoms with Crippen molar-refractivity contribution in [3.63, 3.8) is 0 Å². The van der Waals surface area contributed by atoms with Crippen molar-refractivity contribution in [1.82, 2.24) is 9.55 Å². The van der Waals surface area contributed by atoms with E-state index in [-0.39, 0.29) is 0 Å². The Balaban J connectivity index is 2.33. The lowest BCUT2D eigenvalue weighted by Gasteiger charge is -2.11. The van der Waals surface area contributed by atoms with Crippen LogP contribution in [0.25, 0.3) is 16.7 Å². The Morgan fingerprint density at radius 2 is 2.00 bits per heavy atom. The normalized spacial score (nSPS) is 11.2. The van der Waals surface area contributed by atoms with Crippen molar-refractivity contribution < 1.29 is 0 Å². The molecule has 0 spiro atoms. The molecule has 0 unspecified atom stereocenters. The van der Waals surface area contributed by atoms with Gasteiger partial charge in [-0.1, -0.05) is 33.6 Å². The van der Waals surface area contributed by atoms with E-state index < -0.39 is 0 Å². The average molecular weight is 384 g/mol. The van der Waals surface area contributed by atoms with Crippen molar-refractivity contribution in [2.45, 2.75) is 13.3 Å². The van der Waals surface area contributed by atoms with Crippen LogP contribution >= 0.6 is 39.1 Å². The minimum Gasteiger partial charge on any atom is -0.295 e. The van der Waals surface area contributed by atoms with E-state index in [0.29, 0.717) is 17.3 Å². The predicted molar refractivity (Wildman–Crippen MR) is 92.9 cm³/mol. The van der Waals surface area contributed by atoms with Crippen LogP contribution in [0.4, 0.5) is 0 Å². The molecule has 0 amide bonds. The van der Waals surface area contributed by atoms with Crippen LogP contribution in [0, 0.1) is 6.92 Å². The first-order valence-corrected chi connectivity index (χ1v) is 8.30. The third kappa shape index (κ3) is 2.83. The Labute approximate surface area is 141 Å². The molecule has 0 N–H and O–H groups in total. The van der Waals surface area contributed by atoms with Crippen LogP contribution in [0.15, 0.2) is 40.9 Å². The number of rotatable bonds is 3. The summed E-state index contributed by atoms with van der Waals surface area (Å²) in [6.45, 7) is 2.06. The summed E-state index contributed by atoms with van der Waals surface area (Å²) in [5.74, 6) is 1.44. The first-order valence-electron chi connectivity index (χ1n) is 6.59. The van der Waals surface area contributed by atoms with Crippen molar-refractivity contribution >= 4 is 50.2 Å². The van der Waals surface area contributed by atoms with Gasteiger partial charge in [-0.05, 0) is 42.8 Å². The summed E-state index contributed by atoms with van der Waals surface area (Å²) in [6.07, 6.45) is 0.693. The topological polar surface area (TPSA) is 17.8 Å². The molecule has 0 atom stereocenters. The highest BCUT2D eigenvalue weighted by molar-refractivity contribution is 9.10. The zero-order chi connectivity index (χ0) is 15.0. The lowest BCUT2D eigenvalue weighted by molar-refractivity contribution is 0.912. The predicted octanol–water partition coefficient (Wildman–Crippen LogP) is 5.53. The Hall–Kier alpha value is -1.03. The van der Waals surface area contributed by atoms with E-state index in [0.717, 1.165) is 27.0 Å². The number of aryl methyl sites for hydroxylation is 2. The maximum absolute atomic E-state index is 6.39. The number of benzene rings is 2. The van der Waals surface area contributed by atoms with Crippen LogP contribution in [0.3, 0.4) is 0 Å². The number of hydrogen-bond acceptors (Lipinski definition) is 1. The van der Waals surface area contributed by atoms with Crippen LogP contribution in [-0.4, -0.2) is 15.4 Å². The van der Waals surface area contributed by atoms with E-state index in [1.165, 1.54) is 5.56 Å². The maximum Gasteiger partial charge on any atom is 0.115 e. The molecule has 108 valence electrons. The zero-order valence-corrected chi connectivity index (χ0v) is 14.5. The molecule has 2 aromatic carbocycles. The first-order chi connectivity index (χ1) is 10.1. The average Bonchev–Trinajstić information content (AvgIpc) is 2.79. The molecule has 5 heteroatoms. The molecular formula is C16H13BrCl2N2. The first kappa shape index (κ1) is 14.9. The summed E-state index contributed by atoms with van der Waals surface area (Å²) >= 11 is 15.8. The van der Waals surface area contributed by atoms with Crippen LogP contribution in [0.2, 0.25) is 5.02 Å². The Bertz CT molecular complexity index is 811. The molecule has 0 bridgehead atoms. The molecule has 0 saturated heterocycles. The zero-order valence-electron chi connectivity index (χ0n) is 11.4. The van der Waals surface area contributed by atoms with Crippen molar-refractivity contribution in [3.8, 4) is 5.69 Å². The van der Waals surface area contributed by atoms with Gasteiger partial charge in [0.2, 0.25) is 0 Å². The SMILES string of the molecule is Cc1ccc2c(c1)nc(CCCl)n2-c1cc(Br)ccc1Cl. The van der Waals surface area contributed by atoms with Gasteiger partial charge in [0.25, 0.3) is 0 Å². The highest BCUT2D eigenvalue weighted by Crippen LogP contribution is 2.30. The lowest BCUT2D eigenvalue weighted by atomic mass is 10.2. The minimum absolute atomic E-state index is 0.522. The molecule has 0 saturated carbocycles. The summed E-state index contributed by atoms with van der Waals surface area (Å²) in [4.78, 5) is 4.71. The van der Waals surface area contributed by atoms with Crippen molar-refractivity contribution in [2.24, 2.45) is 0 Å². The van der Waals surface area contributed by atoms with E-state index >= 15 is 0 Å². The number of hydrogen-bond donors (Lipinski definition) is 0. The number of aromatic nitrogens is 2. The molecule has 0 aliphatic heterocycles. The van der Waals surface area contributed by atoms with Gasteiger partial charge in [0.1, 0.15) is 5.82 Å². The largest absolute Gasteiger partial charge is 0.295 e. The van der Waals surface area contributed by atoms with Crippen molar-refractivity contribution in [2.75, 3.05) is 5.88 Å². The molecule has 1 heterocycles. The second-order valence-electron chi connectivity index (χ2n) is 4.89. The molecular weight excluding hydrogens is 371 g/mol. The standard InChI is InChI=1S/C16H13BrCl2N2/c1-10-2-5-14-13(8-10)20-16(6-7-18)21(14)15-9-11(17)3-4-12(15)19/h2-5,8-9H,6-7H2,1H3. The van der Waals surface area contributed by atoms with Gasteiger partial charge in [0.15, 0.2) is 0 Å². The second-order valence-corrected chi connectivity index (χ2v) is 6.59. The molecule has 21 heavy (non-hydrogen) atoms. The fourth-order valence-corrected chi connectivity index (χ4v) is 3.14. The molecule has 2 nitrogen and oxygen atoms in total. The summed E-state index contributed by atoms with van der Waals surface area (Å²) in [5, 5.41) is 0.689. The molecule has 0 aliphatic carbocycles. The van der Waals surface area contributed by atoms with E-state index in [9.17, 15) is 0 Å².